The van der Waals surface area contributed by atoms with Gasteiger partial charge >= 0.3 is 0 Å². The Labute approximate surface area is 185 Å². The molecule has 0 bridgehead atoms. The zero-order valence-electron chi connectivity index (χ0n) is 19.7. The maximum Gasteiger partial charge on any atom is 0.168 e. The number of carbonyl (C=O) groups is 1. The summed E-state index contributed by atoms with van der Waals surface area (Å²) in [5.74, 6) is 0.977. The van der Waals surface area contributed by atoms with Crippen LogP contribution < -0.4 is 4.74 Å². The summed E-state index contributed by atoms with van der Waals surface area (Å²) in [4.78, 5) is 18.4. The molecule has 1 N–H and O–H groups in total. The summed E-state index contributed by atoms with van der Waals surface area (Å²) in [5, 5.41) is 15.1. The fraction of sp³-hybridized carbons (Fsp3) is 0.538. The van der Waals surface area contributed by atoms with Crippen molar-refractivity contribution in [2.45, 2.75) is 85.2 Å². The number of allylic oxidation sites excluding steroid dienone is 2. The molecular weight excluding hydrogens is 390 g/mol. The molecule has 1 aromatic rings. The largest absolute Gasteiger partial charge is 0.511 e. The van der Waals surface area contributed by atoms with E-state index in [1.54, 1.807) is 6.08 Å². The predicted molar refractivity (Wildman–Crippen MR) is 124 cm³/mol. The van der Waals surface area contributed by atoms with E-state index >= 15 is 0 Å². The summed E-state index contributed by atoms with van der Waals surface area (Å²) in [7, 11) is 0. The summed E-state index contributed by atoms with van der Waals surface area (Å²) in [6, 6.07) is 0. The molecule has 0 saturated carbocycles. The van der Waals surface area contributed by atoms with Gasteiger partial charge in [-0.1, -0.05) is 31.2 Å². The monoisotopic (exact) mass is 425 g/mol. The molecule has 1 aliphatic carbocycles. The molecule has 2 aliphatic rings. The lowest BCUT2D eigenvalue weighted by Gasteiger charge is -2.28. The van der Waals surface area contributed by atoms with Crippen LogP contribution in [0.3, 0.4) is 0 Å². The molecule has 1 aliphatic heterocycles. The highest BCUT2D eigenvalue weighted by atomic mass is 16.6. The van der Waals surface area contributed by atoms with Gasteiger partial charge in [-0.05, 0) is 69.2 Å². The number of carbonyl (C=O) groups excluding carboxylic acids is 1. The highest BCUT2D eigenvalue weighted by molar-refractivity contribution is 6.23. The van der Waals surface area contributed by atoms with Gasteiger partial charge in [0.25, 0.3) is 0 Å². The molecule has 0 fully saturated rings. The minimum Gasteiger partial charge on any atom is -0.511 e. The van der Waals surface area contributed by atoms with Gasteiger partial charge in [-0.3, -0.25) is 4.79 Å². The number of rotatable bonds is 7. The van der Waals surface area contributed by atoms with Gasteiger partial charge in [-0.25, -0.2) is 0 Å². The molecule has 5 heteroatoms. The van der Waals surface area contributed by atoms with Crippen LogP contribution in [0, 0.1) is 20.8 Å². The van der Waals surface area contributed by atoms with E-state index < -0.39 is 0 Å². The Hall–Kier alpha value is -2.56. The van der Waals surface area contributed by atoms with Crippen LogP contribution in [0.15, 0.2) is 29.1 Å². The number of Topliss-reactive ketones (excluding diaryl/α,β-unsaturated/α-hetero) is 1. The lowest BCUT2D eigenvalue weighted by molar-refractivity contribution is -0.116. The van der Waals surface area contributed by atoms with Crippen molar-refractivity contribution in [2.24, 2.45) is 5.16 Å². The Morgan fingerprint density at radius 3 is 2.58 bits per heavy atom. The van der Waals surface area contributed by atoms with Crippen LogP contribution in [0.2, 0.25) is 0 Å². The number of aliphatic hydroxyl groups is 1. The number of oxime groups is 1. The summed E-state index contributed by atoms with van der Waals surface area (Å²) in [6.07, 6.45) is 4.62. The molecule has 0 spiro atoms. The third kappa shape index (κ3) is 4.41. The van der Waals surface area contributed by atoms with Gasteiger partial charge in [0.05, 0.1) is 11.3 Å². The summed E-state index contributed by atoms with van der Waals surface area (Å²) < 4.78 is 6.23. The van der Waals surface area contributed by atoms with E-state index in [0.717, 1.165) is 29.7 Å². The Kier molecular flexibility index (Phi) is 6.63. The number of hydrogen-bond donors (Lipinski definition) is 1. The summed E-state index contributed by atoms with van der Waals surface area (Å²) in [6.45, 7) is 16.4. The molecule has 168 valence electrons. The first-order valence-corrected chi connectivity index (χ1v) is 11.2. The molecule has 5 nitrogen and oxygen atoms in total. The van der Waals surface area contributed by atoms with E-state index in [0.29, 0.717) is 30.5 Å². The van der Waals surface area contributed by atoms with Gasteiger partial charge in [-0.2, -0.15) is 0 Å². The smallest absolute Gasteiger partial charge is 0.168 e. The number of ether oxygens (including phenoxy) is 1. The van der Waals surface area contributed by atoms with E-state index in [9.17, 15) is 9.90 Å². The highest BCUT2D eigenvalue weighted by Crippen LogP contribution is 2.46. The first-order valence-electron chi connectivity index (χ1n) is 11.2. The summed E-state index contributed by atoms with van der Waals surface area (Å²) in [5.41, 5.74) is 6.52. The molecule has 3 rings (SSSR count). The second-order valence-electron chi connectivity index (χ2n) is 9.36. The normalized spacial score (nSPS) is 20.5. The lowest BCUT2D eigenvalue weighted by atomic mass is 9.76. The zero-order valence-corrected chi connectivity index (χ0v) is 19.7. The van der Waals surface area contributed by atoms with Crippen molar-refractivity contribution in [1.29, 1.82) is 0 Å². The van der Waals surface area contributed by atoms with Crippen molar-refractivity contribution in [3.05, 3.63) is 51.8 Å². The van der Waals surface area contributed by atoms with Crippen LogP contribution in [0.4, 0.5) is 0 Å². The maximum absolute atomic E-state index is 13.2. The molecule has 0 amide bonds. The van der Waals surface area contributed by atoms with Crippen molar-refractivity contribution in [1.82, 2.24) is 0 Å². The van der Waals surface area contributed by atoms with Crippen molar-refractivity contribution in [2.75, 3.05) is 6.61 Å². The van der Waals surface area contributed by atoms with Crippen LogP contribution in [0.25, 0.3) is 0 Å². The minimum atomic E-state index is -0.225. The number of ketones is 1. The van der Waals surface area contributed by atoms with Gasteiger partial charge < -0.3 is 14.7 Å². The van der Waals surface area contributed by atoms with E-state index in [-0.39, 0.29) is 29.7 Å². The molecule has 0 radical (unpaired) electrons. The van der Waals surface area contributed by atoms with Crippen molar-refractivity contribution in [3.63, 3.8) is 0 Å². The van der Waals surface area contributed by atoms with Crippen molar-refractivity contribution < 1.29 is 19.5 Å². The van der Waals surface area contributed by atoms with Crippen LogP contribution in [-0.2, 0) is 16.1 Å². The molecule has 1 heterocycles. The van der Waals surface area contributed by atoms with E-state index in [2.05, 4.69) is 46.4 Å². The molecule has 31 heavy (non-hydrogen) atoms. The van der Waals surface area contributed by atoms with Gasteiger partial charge in [0, 0.05) is 24.8 Å². The Morgan fingerprint density at radius 2 is 1.97 bits per heavy atom. The first kappa shape index (κ1) is 23.1. The van der Waals surface area contributed by atoms with Gasteiger partial charge in [-0.15, -0.1) is 0 Å². The molecule has 0 aromatic heterocycles. The van der Waals surface area contributed by atoms with Crippen LogP contribution in [0.5, 0.6) is 5.75 Å². The average Bonchev–Trinajstić information content (AvgIpc) is 3.02. The highest BCUT2D eigenvalue weighted by Gasteiger charge is 2.38. The van der Waals surface area contributed by atoms with Crippen LogP contribution >= 0.6 is 0 Å². The minimum absolute atomic E-state index is 0.0547. The van der Waals surface area contributed by atoms with E-state index in [1.165, 1.54) is 16.7 Å². The quantitative estimate of drug-likeness (QED) is 0.254. The Balaban J connectivity index is 2.00. The van der Waals surface area contributed by atoms with E-state index in [4.69, 9.17) is 9.57 Å². The van der Waals surface area contributed by atoms with Crippen molar-refractivity contribution in [3.8, 4) is 5.75 Å². The number of fused-ring (bicyclic) bond motifs is 1. The number of aliphatic hydroxyl groups excluding tert-OH is 1. The number of benzene rings is 1. The average molecular weight is 426 g/mol. The van der Waals surface area contributed by atoms with Gasteiger partial charge in [0.1, 0.15) is 23.7 Å². The second kappa shape index (κ2) is 8.89. The molecule has 1 atom stereocenters. The fourth-order valence-corrected chi connectivity index (χ4v) is 4.96. The lowest BCUT2D eigenvalue weighted by Crippen LogP contribution is -2.25. The SMILES string of the molecule is C=CCON=C(CCC)C1=C(O)CC(c2c(C)c(C)c3c(c2C)CC(C)(C)O3)CC1=O. The first-order chi connectivity index (χ1) is 14.6. The van der Waals surface area contributed by atoms with Gasteiger partial charge in [0.2, 0.25) is 0 Å². The number of hydrogen-bond acceptors (Lipinski definition) is 5. The van der Waals surface area contributed by atoms with Crippen molar-refractivity contribution >= 4 is 11.5 Å². The third-order valence-corrected chi connectivity index (χ3v) is 6.41. The fourth-order valence-electron chi connectivity index (χ4n) is 4.96. The summed E-state index contributed by atoms with van der Waals surface area (Å²) >= 11 is 0. The van der Waals surface area contributed by atoms with E-state index in [1.807, 2.05) is 6.92 Å². The molecule has 1 aromatic carbocycles. The van der Waals surface area contributed by atoms with Crippen LogP contribution in [0.1, 0.15) is 80.2 Å². The standard InChI is InChI=1S/C26H35NO4/c1-8-10-20(27-30-11-9-2)24-21(28)12-18(13-22(24)29)23-15(3)16(4)25-19(17(23)5)14-26(6,7)31-25/h9,18,28H,2,8,10-14H2,1,3-7H3. The third-order valence-electron chi connectivity index (χ3n) is 6.41. The topological polar surface area (TPSA) is 68.1 Å². The predicted octanol–water partition coefficient (Wildman–Crippen LogP) is 5.94. The Morgan fingerprint density at radius 1 is 1.26 bits per heavy atom. The second-order valence-corrected chi connectivity index (χ2v) is 9.36. The van der Waals surface area contributed by atoms with Crippen LogP contribution in [-0.4, -0.2) is 28.8 Å². The Bertz CT molecular complexity index is 968. The van der Waals surface area contributed by atoms with Gasteiger partial charge in [0.15, 0.2) is 5.78 Å². The zero-order chi connectivity index (χ0) is 22.9. The maximum atomic E-state index is 13.2. The molecular formula is C26H35NO4. The molecule has 1 unspecified atom stereocenters. The molecule has 0 saturated heterocycles. The number of nitrogens with zero attached hydrogens (tertiary/aromatic N) is 1.